The van der Waals surface area contributed by atoms with Gasteiger partial charge < -0.3 is 4.42 Å². The van der Waals surface area contributed by atoms with Gasteiger partial charge in [-0.1, -0.05) is 114 Å². The van der Waals surface area contributed by atoms with Crippen molar-refractivity contribution in [1.29, 1.82) is 0 Å². The number of aromatic nitrogens is 4. The Morgan fingerprint density at radius 2 is 1.32 bits per heavy atom. The molecule has 5 aromatic carbocycles. The average Bonchev–Trinajstić information content (AvgIpc) is 3.68. The number of rotatable bonds is 4. The second kappa shape index (κ2) is 11.0. The van der Waals surface area contributed by atoms with E-state index in [0.29, 0.717) is 5.71 Å². The van der Waals surface area contributed by atoms with Gasteiger partial charge in [0, 0.05) is 38.9 Å². The molecule has 0 aliphatic carbocycles. The molecule has 0 bridgehead atoms. The van der Waals surface area contributed by atoms with Gasteiger partial charge in [-0.3, -0.25) is 9.55 Å². The van der Waals surface area contributed by atoms with Gasteiger partial charge in [0.05, 0.1) is 27.8 Å². The molecular weight excluding hydrogens is 613 g/mol. The largest absolute Gasteiger partial charge is 0.437 e. The van der Waals surface area contributed by atoms with Crippen LogP contribution in [-0.2, 0) is 0 Å². The van der Waals surface area contributed by atoms with Gasteiger partial charge in [-0.05, 0) is 70.3 Å². The minimum atomic E-state index is 0.0780. The Kier molecular flexibility index (Phi) is 6.70. The number of hydrogen-bond acceptors (Lipinski definition) is 4. The van der Waals surface area contributed by atoms with E-state index in [1.807, 2.05) is 0 Å². The predicted molar refractivity (Wildman–Crippen MR) is 209 cm³/mol. The predicted octanol–water partition coefficient (Wildman–Crippen LogP) is 12.4. The first-order valence-corrected chi connectivity index (χ1v) is 17.6. The zero-order valence-corrected chi connectivity index (χ0v) is 29.7. The first-order chi connectivity index (χ1) is 24.1. The number of nitrogens with zero attached hydrogens (tertiary/aromatic N) is 4. The molecule has 1 atom stereocenters. The Morgan fingerprint density at radius 3 is 2.06 bits per heavy atom. The van der Waals surface area contributed by atoms with Crippen LogP contribution in [0.4, 0.5) is 0 Å². The maximum absolute atomic E-state index is 6.79. The number of pyridine rings is 2. The van der Waals surface area contributed by atoms with E-state index in [2.05, 4.69) is 156 Å². The third-order valence-electron chi connectivity index (χ3n) is 10.7. The Morgan fingerprint density at radius 1 is 0.640 bits per heavy atom. The molecule has 0 N–H and O–H groups in total. The highest BCUT2D eigenvalue weighted by Gasteiger charge is 2.28. The lowest BCUT2D eigenvalue weighted by Crippen LogP contribution is -2.16. The summed E-state index contributed by atoms with van der Waals surface area (Å²) in [7, 11) is 0. The molecule has 246 valence electrons. The van der Waals surface area contributed by atoms with Crippen LogP contribution in [0, 0.1) is 12.3 Å². The maximum Gasteiger partial charge on any atom is 0.227 e. The van der Waals surface area contributed by atoms with Gasteiger partial charge in [0.1, 0.15) is 11.4 Å². The normalized spacial score (nSPS) is 13.2. The minimum Gasteiger partial charge on any atom is -0.437 e. The number of aryl methyl sites for hydroxylation is 1. The molecule has 0 radical (unpaired) electrons. The molecule has 5 heteroatoms. The molecule has 0 amide bonds. The summed E-state index contributed by atoms with van der Waals surface area (Å²) in [5.41, 5.74) is 9.70. The molecule has 50 heavy (non-hydrogen) atoms. The zero-order valence-electron chi connectivity index (χ0n) is 29.7. The van der Waals surface area contributed by atoms with Crippen LogP contribution < -0.4 is 0 Å². The number of para-hydroxylation sites is 1. The average molecular weight is 653 g/mol. The van der Waals surface area contributed by atoms with Gasteiger partial charge in [-0.25, -0.2) is 9.97 Å². The van der Waals surface area contributed by atoms with Crippen LogP contribution >= 0.6 is 0 Å². The van der Waals surface area contributed by atoms with Crippen LogP contribution in [0.15, 0.2) is 108 Å². The molecule has 0 aliphatic rings. The zero-order chi connectivity index (χ0) is 34.5. The molecule has 4 aromatic heterocycles. The smallest absolute Gasteiger partial charge is 0.227 e. The van der Waals surface area contributed by atoms with Gasteiger partial charge in [0.25, 0.3) is 0 Å². The summed E-state index contributed by atoms with van der Waals surface area (Å²) in [6, 6.07) is 36.8. The Hall–Kier alpha value is -5.55. The quantitative estimate of drug-likeness (QED) is 0.178. The number of benzene rings is 5. The Balaban J connectivity index is 1.46. The third-order valence-corrected chi connectivity index (χ3v) is 10.7. The summed E-state index contributed by atoms with van der Waals surface area (Å²) in [4.78, 5) is 15.7. The van der Waals surface area contributed by atoms with E-state index in [1.54, 1.807) is 0 Å². The second-order valence-corrected chi connectivity index (χ2v) is 15.2. The molecule has 0 fully saturated rings. The lowest BCUT2D eigenvalue weighted by atomic mass is 9.80. The van der Waals surface area contributed by atoms with E-state index < -0.39 is 0 Å². The van der Waals surface area contributed by atoms with E-state index in [1.165, 1.54) is 27.1 Å². The van der Waals surface area contributed by atoms with E-state index >= 15 is 0 Å². The fourth-order valence-corrected chi connectivity index (χ4v) is 7.77. The molecule has 1 unspecified atom stereocenters. The van der Waals surface area contributed by atoms with Gasteiger partial charge in [0.2, 0.25) is 5.71 Å². The molecule has 0 saturated carbocycles. The molecule has 0 spiro atoms. The summed E-state index contributed by atoms with van der Waals surface area (Å²) in [5.74, 6) is 1.32. The lowest BCUT2D eigenvalue weighted by molar-refractivity contribution is 0.334. The molecule has 0 saturated heterocycles. The number of fused-ring (bicyclic) bond motifs is 9. The van der Waals surface area contributed by atoms with Crippen molar-refractivity contribution in [3.63, 3.8) is 0 Å². The maximum atomic E-state index is 6.79. The SMILES string of the molecule is Cc1ccc2ccc3nc(-c4cccc5c4oc4nc(C(C)C(C)(C)C)ccc45)n(-c4c(C(C)C)c5ccccc5c5ccccc45)c3c2n1. The van der Waals surface area contributed by atoms with Crippen LogP contribution in [0.5, 0.6) is 0 Å². The summed E-state index contributed by atoms with van der Waals surface area (Å²) >= 11 is 0. The van der Waals surface area contributed by atoms with Gasteiger partial charge in [-0.2, -0.15) is 0 Å². The Labute approximate surface area is 291 Å². The monoisotopic (exact) mass is 652 g/mol. The minimum absolute atomic E-state index is 0.0780. The van der Waals surface area contributed by atoms with Crippen molar-refractivity contribution < 1.29 is 4.42 Å². The molecule has 9 aromatic rings. The molecule has 9 rings (SSSR count). The summed E-state index contributed by atoms with van der Waals surface area (Å²) < 4.78 is 9.18. The van der Waals surface area contributed by atoms with Crippen molar-refractivity contribution in [3.8, 4) is 17.1 Å². The molecular formula is C45H40N4O. The number of furan rings is 1. The fourth-order valence-electron chi connectivity index (χ4n) is 7.77. The van der Waals surface area contributed by atoms with Crippen molar-refractivity contribution in [3.05, 3.63) is 120 Å². The van der Waals surface area contributed by atoms with E-state index in [-0.39, 0.29) is 17.3 Å². The fraction of sp³-hybridized carbons (Fsp3) is 0.222. The summed E-state index contributed by atoms with van der Waals surface area (Å²) in [6.07, 6.45) is 0. The van der Waals surface area contributed by atoms with Gasteiger partial charge in [-0.15, -0.1) is 0 Å². The first kappa shape index (κ1) is 30.5. The summed E-state index contributed by atoms with van der Waals surface area (Å²) in [6.45, 7) is 15.7. The topological polar surface area (TPSA) is 56.7 Å². The second-order valence-electron chi connectivity index (χ2n) is 15.2. The van der Waals surface area contributed by atoms with Crippen LogP contribution in [-0.4, -0.2) is 19.5 Å². The van der Waals surface area contributed by atoms with E-state index in [0.717, 1.165) is 66.8 Å². The van der Waals surface area contributed by atoms with Crippen molar-refractivity contribution in [2.45, 2.75) is 60.3 Å². The van der Waals surface area contributed by atoms with E-state index in [9.17, 15) is 0 Å². The van der Waals surface area contributed by atoms with Crippen LogP contribution in [0.1, 0.15) is 70.3 Å². The van der Waals surface area contributed by atoms with Crippen molar-refractivity contribution >= 4 is 65.6 Å². The number of hydrogen-bond donors (Lipinski definition) is 0. The van der Waals surface area contributed by atoms with Crippen LogP contribution in [0.3, 0.4) is 0 Å². The number of imidazole rings is 1. The highest BCUT2D eigenvalue weighted by Crippen LogP contribution is 2.45. The summed E-state index contributed by atoms with van der Waals surface area (Å²) in [5, 5.41) is 8.02. The lowest BCUT2D eigenvalue weighted by Gasteiger charge is -2.26. The highest BCUT2D eigenvalue weighted by molar-refractivity contribution is 6.16. The standard InChI is InChI=1S/C45H40N4O/c1-25(2)38-31-15-10-8-13-29(31)30-14-9-11-16-32(30)40(38)49-41-37(23-21-28-20-19-26(3)46-39(28)41)47-43(49)35-18-12-17-33-34-22-24-36(27(4)45(5,6)7)48-44(34)50-42(33)35/h8-25,27H,1-7H3. The van der Waals surface area contributed by atoms with E-state index in [4.69, 9.17) is 19.4 Å². The van der Waals surface area contributed by atoms with Crippen LogP contribution in [0.2, 0.25) is 0 Å². The van der Waals surface area contributed by atoms with Gasteiger partial charge >= 0.3 is 0 Å². The van der Waals surface area contributed by atoms with Crippen molar-refractivity contribution in [2.24, 2.45) is 5.41 Å². The highest BCUT2D eigenvalue weighted by atomic mass is 16.3. The van der Waals surface area contributed by atoms with Gasteiger partial charge in [0.15, 0.2) is 0 Å². The Bertz CT molecular complexity index is 2810. The van der Waals surface area contributed by atoms with Crippen molar-refractivity contribution in [2.75, 3.05) is 0 Å². The van der Waals surface area contributed by atoms with Crippen molar-refractivity contribution in [1.82, 2.24) is 19.5 Å². The molecule has 5 nitrogen and oxygen atoms in total. The molecule has 0 aliphatic heterocycles. The first-order valence-electron chi connectivity index (χ1n) is 17.6. The van der Waals surface area contributed by atoms with Crippen LogP contribution in [0.25, 0.3) is 82.6 Å². The third kappa shape index (κ3) is 4.49. The molecule has 4 heterocycles.